The van der Waals surface area contributed by atoms with E-state index in [9.17, 15) is 4.79 Å². The first-order valence-electron chi connectivity index (χ1n) is 6.58. The third-order valence-electron chi connectivity index (χ3n) is 3.53. The Kier molecular flexibility index (Phi) is 3.50. The van der Waals surface area contributed by atoms with E-state index in [4.69, 9.17) is 11.6 Å². The van der Waals surface area contributed by atoms with Gasteiger partial charge in [-0.25, -0.2) is 10.5 Å². The number of nitrogen functional groups attached to an aromatic ring is 2. The summed E-state index contributed by atoms with van der Waals surface area (Å²) in [6.07, 6.45) is 2.31. The Morgan fingerprint density at radius 1 is 1.38 bits per heavy atom. The SMILES string of the molecule is NNC(=O)c1nnn(-c2nonc2N)c1C[NH+]1CCCC1. The smallest absolute Gasteiger partial charge is 0.287 e. The molecule has 11 nitrogen and oxygen atoms in total. The lowest BCUT2D eigenvalue weighted by Gasteiger charge is -2.12. The Morgan fingerprint density at radius 2 is 2.14 bits per heavy atom. The summed E-state index contributed by atoms with van der Waals surface area (Å²) in [6.45, 7) is 2.63. The Morgan fingerprint density at radius 3 is 2.76 bits per heavy atom. The van der Waals surface area contributed by atoms with Gasteiger partial charge >= 0.3 is 0 Å². The first-order chi connectivity index (χ1) is 10.2. The van der Waals surface area contributed by atoms with Gasteiger partial charge < -0.3 is 10.6 Å². The van der Waals surface area contributed by atoms with Gasteiger partial charge in [0.2, 0.25) is 11.6 Å². The van der Waals surface area contributed by atoms with E-state index < -0.39 is 5.91 Å². The lowest BCUT2D eigenvalue weighted by atomic mass is 10.3. The summed E-state index contributed by atoms with van der Waals surface area (Å²) in [6, 6.07) is 0. The van der Waals surface area contributed by atoms with Gasteiger partial charge in [0.1, 0.15) is 12.2 Å². The zero-order chi connectivity index (χ0) is 14.8. The number of anilines is 1. The number of carbonyl (C=O) groups is 1. The minimum Gasteiger partial charge on any atom is -0.378 e. The molecule has 6 N–H and O–H groups in total. The molecule has 2 aromatic heterocycles. The highest BCUT2D eigenvalue weighted by molar-refractivity contribution is 5.92. The first kappa shape index (κ1) is 13.5. The van der Waals surface area contributed by atoms with Crippen LogP contribution in [0.5, 0.6) is 0 Å². The standard InChI is InChI=1S/C10H15N9O2/c11-8-9(16-21-15-8)19-6(5-18-3-1-2-4-18)7(14-17-19)10(20)13-12/h1-5,12H2,(H2,11,15)(H,13,20)/p+1. The molecule has 112 valence electrons. The van der Waals surface area contributed by atoms with Gasteiger partial charge in [-0.3, -0.25) is 10.2 Å². The molecule has 1 aliphatic rings. The number of aromatic nitrogens is 5. The molecule has 2 aromatic rings. The van der Waals surface area contributed by atoms with Gasteiger partial charge in [-0.2, -0.15) is 4.68 Å². The van der Waals surface area contributed by atoms with Crippen LogP contribution in [0.3, 0.4) is 0 Å². The number of hydrazine groups is 1. The predicted octanol–water partition coefficient (Wildman–Crippen LogP) is -2.99. The van der Waals surface area contributed by atoms with Crippen LogP contribution in [0.1, 0.15) is 29.0 Å². The van der Waals surface area contributed by atoms with Crippen LogP contribution in [0.15, 0.2) is 4.63 Å². The van der Waals surface area contributed by atoms with Crippen molar-refractivity contribution < 1.29 is 14.3 Å². The van der Waals surface area contributed by atoms with Crippen LogP contribution in [0.25, 0.3) is 5.82 Å². The van der Waals surface area contributed by atoms with E-state index in [1.807, 2.05) is 0 Å². The maximum absolute atomic E-state index is 11.8. The van der Waals surface area contributed by atoms with Crippen LogP contribution in [0, 0.1) is 0 Å². The van der Waals surface area contributed by atoms with Crippen molar-refractivity contribution in [2.75, 3.05) is 18.8 Å². The molecular formula is C10H16N9O2+. The molecule has 0 saturated carbocycles. The fourth-order valence-corrected chi connectivity index (χ4v) is 2.50. The topological polar surface area (TPSA) is 155 Å². The lowest BCUT2D eigenvalue weighted by Crippen LogP contribution is -3.08. The van der Waals surface area contributed by atoms with Crippen LogP contribution in [-0.2, 0) is 6.54 Å². The fraction of sp³-hybridized carbons (Fsp3) is 0.500. The average molecular weight is 294 g/mol. The maximum atomic E-state index is 11.8. The molecule has 21 heavy (non-hydrogen) atoms. The highest BCUT2D eigenvalue weighted by Crippen LogP contribution is 2.15. The largest absolute Gasteiger partial charge is 0.378 e. The molecular weight excluding hydrogens is 278 g/mol. The first-order valence-corrected chi connectivity index (χ1v) is 6.58. The number of nitrogens with two attached hydrogens (primary N) is 2. The van der Waals surface area contributed by atoms with Crippen molar-refractivity contribution in [3.63, 3.8) is 0 Å². The highest BCUT2D eigenvalue weighted by Gasteiger charge is 2.27. The molecule has 3 heterocycles. The van der Waals surface area contributed by atoms with E-state index in [0.717, 1.165) is 25.9 Å². The predicted molar refractivity (Wildman–Crippen MR) is 68.9 cm³/mol. The second-order valence-corrected chi connectivity index (χ2v) is 4.88. The van der Waals surface area contributed by atoms with Crippen molar-refractivity contribution in [3.8, 4) is 5.82 Å². The van der Waals surface area contributed by atoms with Gasteiger partial charge in [0.25, 0.3) is 5.91 Å². The zero-order valence-corrected chi connectivity index (χ0v) is 11.2. The molecule has 0 spiro atoms. The Bertz CT molecular complexity index is 643. The van der Waals surface area contributed by atoms with Crippen LogP contribution >= 0.6 is 0 Å². The summed E-state index contributed by atoms with van der Waals surface area (Å²) in [7, 11) is 0. The van der Waals surface area contributed by atoms with E-state index in [0.29, 0.717) is 12.2 Å². The number of rotatable bonds is 4. The normalized spacial score (nSPS) is 15.5. The number of hydrogen-bond donors (Lipinski definition) is 4. The molecule has 0 unspecified atom stereocenters. The van der Waals surface area contributed by atoms with Gasteiger partial charge in [0.05, 0.1) is 13.1 Å². The van der Waals surface area contributed by atoms with Crippen molar-refractivity contribution in [2.24, 2.45) is 5.84 Å². The van der Waals surface area contributed by atoms with Gasteiger partial charge in [0, 0.05) is 12.8 Å². The average Bonchev–Trinajstić information content (AvgIpc) is 3.20. The van der Waals surface area contributed by atoms with Crippen LogP contribution in [0.4, 0.5) is 5.82 Å². The van der Waals surface area contributed by atoms with E-state index in [1.54, 1.807) is 0 Å². The molecule has 0 atom stereocenters. The molecule has 1 saturated heterocycles. The van der Waals surface area contributed by atoms with Crippen LogP contribution < -0.4 is 21.9 Å². The van der Waals surface area contributed by atoms with Gasteiger partial charge in [-0.1, -0.05) is 5.21 Å². The lowest BCUT2D eigenvalue weighted by molar-refractivity contribution is -0.901. The number of nitrogens with one attached hydrogen (secondary N) is 2. The molecule has 0 bridgehead atoms. The van der Waals surface area contributed by atoms with Crippen molar-refractivity contribution >= 4 is 11.7 Å². The number of carbonyl (C=O) groups excluding carboxylic acids is 1. The summed E-state index contributed by atoms with van der Waals surface area (Å²) >= 11 is 0. The van der Waals surface area contributed by atoms with Crippen molar-refractivity contribution in [1.29, 1.82) is 0 Å². The van der Waals surface area contributed by atoms with E-state index in [-0.39, 0.29) is 17.3 Å². The van der Waals surface area contributed by atoms with E-state index >= 15 is 0 Å². The van der Waals surface area contributed by atoms with Crippen molar-refractivity contribution in [1.82, 2.24) is 30.7 Å². The zero-order valence-electron chi connectivity index (χ0n) is 11.2. The van der Waals surface area contributed by atoms with Crippen LogP contribution in [-0.4, -0.2) is 44.3 Å². The maximum Gasteiger partial charge on any atom is 0.287 e. The molecule has 1 amide bonds. The number of quaternary nitrogens is 1. The number of nitrogens with zero attached hydrogens (tertiary/aromatic N) is 5. The molecule has 11 heteroatoms. The number of hydrogen-bond acceptors (Lipinski definition) is 8. The second-order valence-electron chi connectivity index (χ2n) is 4.88. The highest BCUT2D eigenvalue weighted by atomic mass is 16.6. The summed E-state index contributed by atoms with van der Waals surface area (Å²) in [4.78, 5) is 13.2. The summed E-state index contributed by atoms with van der Waals surface area (Å²) < 4.78 is 5.95. The van der Waals surface area contributed by atoms with Gasteiger partial charge in [-0.15, -0.1) is 5.10 Å². The minimum atomic E-state index is -0.509. The quantitative estimate of drug-likeness (QED) is 0.264. The summed E-state index contributed by atoms with van der Waals surface area (Å²) in [5.74, 6) is 4.97. The van der Waals surface area contributed by atoms with Gasteiger partial charge in [-0.05, 0) is 10.3 Å². The summed E-state index contributed by atoms with van der Waals surface area (Å²) in [5.41, 5.74) is 8.48. The third-order valence-corrected chi connectivity index (χ3v) is 3.53. The molecule has 0 aliphatic carbocycles. The van der Waals surface area contributed by atoms with Crippen molar-refractivity contribution in [3.05, 3.63) is 11.4 Å². The second kappa shape index (κ2) is 5.46. The van der Waals surface area contributed by atoms with E-state index in [2.05, 4.69) is 30.7 Å². The fourth-order valence-electron chi connectivity index (χ4n) is 2.50. The van der Waals surface area contributed by atoms with Gasteiger partial charge in [0.15, 0.2) is 5.69 Å². The monoisotopic (exact) mass is 294 g/mol. The minimum absolute atomic E-state index is 0.0808. The molecule has 3 rings (SSSR count). The molecule has 1 fully saturated rings. The number of amides is 1. The molecule has 0 aromatic carbocycles. The Labute approximate surface area is 119 Å². The third kappa shape index (κ3) is 2.43. The van der Waals surface area contributed by atoms with E-state index in [1.165, 1.54) is 9.58 Å². The Balaban J connectivity index is 2.01. The number of likely N-dealkylation sites (tertiary alicyclic amines) is 1. The summed E-state index contributed by atoms with van der Waals surface area (Å²) in [5, 5.41) is 15.0. The molecule has 1 aliphatic heterocycles. The van der Waals surface area contributed by atoms with Crippen LogP contribution in [0.2, 0.25) is 0 Å². The Hall–Kier alpha value is -2.53. The van der Waals surface area contributed by atoms with Crippen molar-refractivity contribution in [2.45, 2.75) is 19.4 Å². The molecule has 0 radical (unpaired) electrons.